The first kappa shape index (κ1) is 32.0. The number of nitrogens with one attached hydrogen (secondary N) is 4. The van der Waals surface area contributed by atoms with Gasteiger partial charge in [-0.2, -0.15) is 10.1 Å². The van der Waals surface area contributed by atoms with Crippen LogP contribution in [0.1, 0.15) is 6.92 Å². The molecule has 2 aliphatic rings. The van der Waals surface area contributed by atoms with E-state index in [9.17, 15) is 0 Å². The zero-order chi connectivity index (χ0) is 31.0. The summed E-state index contributed by atoms with van der Waals surface area (Å²) >= 11 is 5.62. The minimum atomic E-state index is 0. The number of fused-ring (bicyclic) bond motifs is 3. The zero-order valence-electron chi connectivity index (χ0n) is 25.1. The van der Waals surface area contributed by atoms with E-state index in [0.29, 0.717) is 11.3 Å². The molecule has 13 heteroatoms. The lowest BCUT2D eigenvalue weighted by molar-refractivity contribution is -0.784. The third-order valence-electron chi connectivity index (χ3n) is 6.88. The van der Waals surface area contributed by atoms with E-state index in [-0.39, 0.29) is 12.4 Å². The number of para-hydroxylation sites is 6. The van der Waals surface area contributed by atoms with Crippen molar-refractivity contribution in [3.8, 4) is 0 Å². The monoisotopic (exact) mass is 652 g/mol. The number of nitrogens with zero attached hydrogens (tertiary/aromatic N) is 7. The highest BCUT2D eigenvalue weighted by atomic mass is 35.5. The predicted octanol–water partition coefficient (Wildman–Crippen LogP) is 2.47. The molecule has 4 N–H and O–H groups in total. The van der Waals surface area contributed by atoms with Gasteiger partial charge in [0.15, 0.2) is 5.52 Å². The molecule has 0 bridgehead atoms. The Bertz CT molecular complexity index is 2020. The summed E-state index contributed by atoms with van der Waals surface area (Å²) in [6, 6.07) is 26.0. The Morgan fingerprint density at radius 3 is 1.91 bits per heavy atom. The molecule has 0 fully saturated rings. The molecule has 9 rings (SSSR count). The topological polar surface area (TPSA) is 124 Å². The third kappa shape index (κ3) is 7.83. The molecule has 0 spiro atoms. The molecule has 0 amide bonds. The Labute approximate surface area is 276 Å². The van der Waals surface area contributed by atoms with E-state index in [1.54, 1.807) is 17.1 Å². The van der Waals surface area contributed by atoms with E-state index in [4.69, 9.17) is 11.6 Å². The summed E-state index contributed by atoms with van der Waals surface area (Å²) in [5.74, 6) is 1.74. The van der Waals surface area contributed by atoms with Crippen molar-refractivity contribution < 1.29 is 22.0 Å². The van der Waals surface area contributed by atoms with Crippen LogP contribution in [-0.2, 0) is 7.05 Å². The number of hydrogen-bond acceptors (Lipinski definition) is 5. The van der Waals surface area contributed by atoms with E-state index in [1.165, 1.54) is 0 Å². The highest BCUT2D eigenvalue weighted by Crippen LogP contribution is 2.18. The molecule has 6 heterocycles. The second-order valence-electron chi connectivity index (χ2n) is 10.1. The van der Waals surface area contributed by atoms with Crippen molar-refractivity contribution in [1.29, 1.82) is 0 Å². The second-order valence-corrected chi connectivity index (χ2v) is 10.5. The maximum absolute atomic E-state index is 5.62. The molecule has 11 nitrogen and oxygen atoms in total. The van der Waals surface area contributed by atoms with Crippen LogP contribution in [0, 0.1) is 0 Å². The number of aryl methyl sites for hydroxylation is 1. The van der Waals surface area contributed by atoms with Gasteiger partial charge < -0.3 is 17.4 Å². The summed E-state index contributed by atoms with van der Waals surface area (Å²) in [4.78, 5) is 22.5. The van der Waals surface area contributed by atoms with Crippen LogP contribution in [0.4, 0.5) is 11.9 Å². The van der Waals surface area contributed by atoms with Crippen LogP contribution in [0.3, 0.4) is 0 Å². The lowest BCUT2D eigenvalue weighted by Crippen LogP contribution is -3.00. The molecule has 3 aromatic carbocycles. The average molecular weight is 654 g/mol. The maximum Gasteiger partial charge on any atom is 0.397 e. The van der Waals surface area contributed by atoms with E-state index in [2.05, 4.69) is 63.8 Å². The van der Waals surface area contributed by atoms with Gasteiger partial charge in [-0.25, -0.2) is 14.5 Å². The Morgan fingerprint density at radius 1 is 0.783 bits per heavy atom. The number of halogens is 2. The number of benzene rings is 3. The molecular formula is C33H32Cl2N11+. The smallest absolute Gasteiger partial charge is 0.397 e. The van der Waals surface area contributed by atoms with Gasteiger partial charge in [0.1, 0.15) is 11.7 Å². The number of rotatable bonds is 2. The van der Waals surface area contributed by atoms with Gasteiger partial charge in [-0.15, -0.1) is 5.01 Å². The molecule has 2 atom stereocenters. The average Bonchev–Trinajstić information content (AvgIpc) is 3.90. The quantitative estimate of drug-likeness (QED) is 0.214. The molecule has 4 aromatic heterocycles. The predicted molar refractivity (Wildman–Crippen MR) is 179 cm³/mol. The molecule has 7 aromatic rings. The highest BCUT2D eigenvalue weighted by Gasteiger charge is 2.20. The standard InChI is InChI=1S/C12H12N3.C10H8N4.C7H5ClN2.C4H6N2.ClH/c1-9-5-4-8-15(9)12-13-10-6-2-3-7-11(10)14-12;1-2-5-9-8(4-1)12-10(13-9)14-7-3-6-11-14;8-7-9-5-3-1-2-4-6(5)10-7;1-6-4-2-3-5-6;/h2-9H,1H3,(H,13,14);1-7H,(H,12,13);1-4H,(H,9,10);2-4H,1H3;1H/q+1;;;;. The van der Waals surface area contributed by atoms with Crippen molar-refractivity contribution >= 4 is 69.0 Å². The summed E-state index contributed by atoms with van der Waals surface area (Å²) < 4.78 is 3.88. The van der Waals surface area contributed by atoms with Crippen LogP contribution >= 0.6 is 11.6 Å². The SMILES string of the molecule is C1=C[NH+](c2nc3ccccc3[nH]2)N=C1.CC1C=CC=[N+]1c1nc2ccccc2[nH]1.Clc1nc2ccccc2[nH]1.Cn1cccn1.[Cl-]. The van der Waals surface area contributed by atoms with Crippen molar-refractivity contribution in [2.75, 3.05) is 0 Å². The number of H-pyrrole nitrogens is 3. The second kappa shape index (κ2) is 15.1. The van der Waals surface area contributed by atoms with E-state index < -0.39 is 0 Å². The number of hydrogen-bond donors (Lipinski definition) is 4. The van der Waals surface area contributed by atoms with E-state index in [0.717, 1.165) is 50.0 Å². The van der Waals surface area contributed by atoms with Crippen LogP contribution in [0.5, 0.6) is 0 Å². The van der Waals surface area contributed by atoms with Crippen molar-refractivity contribution in [3.05, 3.63) is 121 Å². The summed E-state index contributed by atoms with van der Waals surface area (Å²) in [5.41, 5.74) is 6.01. The first-order valence-corrected chi connectivity index (χ1v) is 14.7. The number of aromatic nitrogens is 8. The van der Waals surface area contributed by atoms with Gasteiger partial charge in [-0.1, -0.05) is 46.5 Å². The fraction of sp³-hybridized carbons (Fsp3) is 0.0909. The fourth-order valence-electron chi connectivity index (χ4n) is 4.64. The lowest BCUT2D eigenvalue weighted by Gasteiger charge is -2.01. The van der Waals surface area contributed by atoms with Crippen LogP contribution in [0.25, 0.3) is 33.1 Å². The Kier molecular flexibility index (Phi) is 10.5. The normalized spacial score (nSPS) is 15.8. The Hall–Kier alpha value is -5.36. The highest BCUT2D eigenvalue weighted by molar-refractivity contribution is 6.29. The van der Waals surface area contributed by atoms with E-state index in [1.807, 2.05) is 111 Å². The minimum Gasteiger partial charge on any atom is -1.00 e. The van der Waals surface area contributed by atoms with Crippen molar-refractivity contribution in [1.82, 2.24) is 39.7 Å². The molecule has 0 radical (unpaired) electrons. The van der Waals surface area contributed by atoms with Gasteiger partial charge in [0.25, 0.3) is 0 Å². The summed E-state index contributed by atoms with van der Waals surface area (Å²) in [6.07, 6.45) is 15.5. The molecule has 2 aliphatic heterocycles. The zero-order valence-corrected chi connectivity index (χ0v) is 26.6. The summed E-state index contributed by atoms with van der Waals surface area (Å²) in [5, 5.41) is 9.36. The number of quaternary nitrogens is 1. The molecule has 0 saturated heterocycles. The molecule has 0 saturated carbocycles. The van der Waals surface area contributed by atoms with E-state index >= 15 is 0 Å². The fourth-order valence-corrected chi connectivity index (χ4v) is 4.83. The molecular weight excluding hydrogens is 621 g/mol. The summed E-state index contributed by atoms with van der Waals surface area (Å²) in [7, 11) is 1.89. The minimum absolute atomic E-state index is 0. The van der Waals surface area contributed by atoms with Gasteiger partial charge in [-0.05, 0) is 73.1 Å². The van der Waals surface area contributed by atoms with Crippen molar-refractivity contribution in [2.45, 2.75) is 13.0 Å². The number of aromatic amines is 3. The number of imidazole rings is 3. The van der Waals surface area contributed by atoms with Gasteiger partial charge in [0.05, 0.1) is 40.5 Å². The molecule has 46 heavy (non-hydrogen) atoms. The van der Waals surface area contributed by atoms with Crippen LogP contribution in [-0.4, -0.2) is 62.7 Å². The number of allylic oxidation sites excluding steroid dienone is 2. The molecule has 0 aliphatic carbocycles. The Balaban J connectivity index is 0.000000125. The largest absolute Gasteiger partial charge is 1.00 e. The van der Waals surface area contributed by atoms with Crippen LogP contribution < -0.4 is 17.4 Å². The van der Waals surface area contributed by atoms with Gasteiger partial charge in [0, 0.05) is 25.5 Å². The Morgan fingerprint density at radius 2 is 1.41 bits per heavy atom. The first-order valence-electron chi connectivity index (χ1n) is 14.3. The lowest BCUT2D eigenvalue weighted by atomic mass is 10.3. The van der Waals surface area contributed by atoms with Gasteiger partial charge in [-0.3, -0.25) is 9.67 Å². The van der Waals surface area contributed by atoms with Crippen molar-refractivity contribution in [2.24, 2.45) is 12.1 Å². The van der Waals surface area contributed by atoms with Gasteiger partial charge >= 0.3 is 11.9 Å². The third-order valence-corrected chi connectivity index (χ3v) is 7.06. The van der Waals surface area contributed by atoms with Crippen LogP contribution in [0.15, 0.2) is 121 Å². The van der Waals surface area contributed by atoms with Crippen molar-refractivity contribution in [3.63, 3.8) is 0 Å². The summed E-state index contributed by atoms with van der Waals surface area (Å²) in [6.45, 7) is 2.15. The van der Waals surface area contributed by atoms with Gasteiger partial charge in [0.2, 0.25) is 5.28 Å². The molecule has 2 unspecified atom stereocenters. The maximum atomic E-state index is 5.62. The van der Waals surface area contributed by atoms with Crippen LogP contribution in [0.2, 0.25) is 5.28 Å². The first-order chi connectivity index (χ1) is 22.0. The molecule has 232 valence electrons.